The maximum Gasteiger partial charge on any atom is 0.243 e. The smallest absolute Gasteiger partial charge is 0.243 e. The minimum Gasteiger partial charge on any atom is -0.490 e. The lowest BCUT2D eigenvalue weighted by Crippen LogP contribution is -2.08. The second-order valence-corrected chi connectivity index (χ2v) is 6.24. The summed E-state index contributed by atoms with van der Waals surface area (Å²) in [6, 6.07) is 13.5. The summed E-state index contributed by atoms with van der Waals surface area (Å²) < 4.78 is 13.4. The second kappa shape index (κ2) is 9.23. The minimum atomic E-state index is 0.420. The number of nitrogens with one attached hydrogen (secondary N) is 1. The lowest BCUT2D eigenvalue weighted by atomic mass is 10.2. The van der Waals surface area contributed by atoms with E-state index in [0.29, 0.717) is 48.8 Å². The Balaban J connectivity index is 1.68. The molecule has 0 fully saturated rings. The van der Waals surface area contributed by atoms with Crippen molar-refractivity contribution in [1.29, 1.82) is 0 Å². The summed E-state index contributed by atoms with van der Waals surface area (Å²) >= 11 is 6.02. The van der Waals surface area contributed by atoms with Crippen LogP contribution < -0.4 is 14.8 Å². The van der Waals surface area contributed by atoms with Crippen LogP contribution in [0.2, 0.25) is 5.02 Å². The van der Waals surface area contributed by atoms with Crippen molar-refractivity contribution in [2.24, 2.45) is 0 Å². The second-order valence-electron chi connectivity index (χ2n) is 5.80. The van der Waals surface area contributed by atoms with Crippen molar-refractivity contribution in [2.75, 3.05) is 11.9 Å². The molecular formula is C19H22ClN5O2. The first-order chi connectivity index (χ1) is 13.2. The number of tetrazole rings is 1. The highest BCUT2D eigenvalue weighted by molar-refractivity contribution is 6.30. The number of ether oxygens (including phenoxy) is 2. The number of hydrogen-bond acceptors (Lipinski definition) is 6. The number of benzene rings is 2. The standard InChI is InChI=1S/C19H22ClN5O2/c1-3-25-19(22-23-24-25)21-12-14-8-9-17(18(11-14)26-4-2)27-13-15-6-5-7-16(20)10-15/h5-11H,3-4,12-13H2,1-2H3,(H,21,22,24). The van der Waals surface area contributed by atoms with Gasteiger partial charge in [0, 0.05) is 18.1 Å². The Hall–Kier alpha value is -2.80. The number of halogens is 1. The third-order valence-electron chi connectivity index (χ3n) is 3.87. The molecule has 1 aromatic heterocycles. The van der Waals surface area contributed by atoms with Crippen molar-refractivity contribution in [3.05, 3.63) is 58.6 Å². The SMILES string of the molecule is CCOc1cc(CNc2nnnn2CC)ccc1OCc1cccc(Cl)c1. The number of aromatic nitrogens is 4. The van der Waals surface area contributed by atoms with E-state index in [-0.39, 0.29) is 0 Å². The van der Waals surface area contributed by atoms with Crippen LogP contribution in [0.3, 0.4) is 0 Å². The average molecular weight is 388 g/mol. The third-order valence-corrected chi connectivity index (χ3v) is 4.11. The molecule has 7 nitrogen and oxygen atoms in total. The number of hydrogen-bond donors (Lipinski definition) is 1. The minimum absolute atomic E-state index is 0.420. The Morgan fingerprint density at radius 1 is 1.04 bits per heavy atom. The molecule has 0 bridgehead atoms. The van der Waals surface area contributed by atoms with Gasteiger partial charge in [0.15, 0.2) is 11.5 Å². The van der Waals surface area contributed by atoms with Gasteiger partial charge in [0.2, 0.25) is 5.95 Å². The van der Waals surface area contributed by atoms with Gasteiger partial charge in [0.05, 0.1) is 6.61 Å². The summed E-state index contributed by atoms with van der Waals surface area (Å²) in [4.78, 5) is 0. The maximum absolute atomic E-state index is 6.02. The Bertz CT molecular complexity index is 884. The lowest BCUT2D eigenvalue weighted by Gasteiger charge is -2.14. The number of aryl methyl sites for hydroxylation is 1. The molecule has 0 spiro atoms. The van der Waals surface area contributed by atoms with Gasteiger partial charge in [-0.25, -0.2) is 4.68 Å². The van der Waals surface area contributed by atoms with Crippen molar-refractivity contribution in [1.82, 2.24) is 20.2 Å². The predicted octanol–water partition coefficient (Wildman–Crippen LogP) is 3.94. The topological polar surface area (TPSA) is 74.1 Å². The van der Waals surface area contributed by atoms with Crippen LogP contribution in [0.25, 0.3) is 0 Å². The van der Waals surface area contributed by atoms with Gasteiger partial charge in [-0.1, -0.05) is 34.9 Å². The van der Waals surface area contributed by atoms with Gasteiger partial charge in [-0.2, -0.15) is 0 Å². The van der Waals surface area contributed by atoms with Gasteiger partial charge in [-0.05, 0) is 59.7 Å². The third kappa shape index (κ3) is 5.10. The average Bonchev–Trinajstić information content (AvgIpc) is 3.13. The molecule has 0 amide bonds. The van der Waals surface area contributed by atoms with Crippen molar-refractivity contribution in [3.8, 4) is 11.5 Å². The normalized spacial score (nSPS) is 10.6. The van der Waals surface area contributed by atoms with Gasteiger partial charge >= 0.3 is 0 Å². The van der Waals surface area contributed by atoms with E-state index in [1.54, 1.807) is 4.68 Å². The fraction of sp³-hybridized carbons (Fsp3) is 0.316. The van der Waals surface area contributed by atoms with Crippen LogP contribution in [-0.4, -0.2) is 26.8 Å². The fourth-order valence-electron chi connectivity index (χ4n) is 2.56. The fourth-order valence-corrected chi connectivity index (χ4v) is 2.78. The molecule has 0 saturated carbocycles. The van der Waals surface area contributed by atoms with Crippen LogP contribution in [-0.2, 0) is 19.7 Å². The molecule has 0 radical (unpaired) electrons. The molecule has 1 heterocycles. The van der Waals surface area contributed by atoms with Gasteiger partial charge < -0.3 is 14.8 Å². The van der Waals surface area contributed by atoms with E-state index in [9.17, 15) is 0 Å². The highest BCUT2D eigenvalue weighted by Crippen LogP contribution is 2.29. The van der Waals surface area contributed by atoms with E-state index in [0.717, 1.165) is 11.1 Å². The Morgan fingerprint density at radius 3 is 2.70 bits per heavy atom. The van der Waals surface area contributed by atoms with Gasteiger partial charge in [0.1, 0.15) is 6.61 Å². The first-order valence-electron chi connectivity index (χ1n) is 8.82. The quantitative estimate of drug-likeness (QED) is 0.599. The monoisotopic (exact) mass is 387 g/mol. The number of anilines is 1. The molecule has 0 atom stereocenters. The summed E-state index contributed by atoms with van der Waals surface area (Å²) in [5.41, 5.74) is 2.04. The molecule has 0 aliphatic carbocycles. The van der Waals surface area contributed by atoms with E-state index >= 15 is 0 Å². The van der Waals surface area contributed by atoms with E-state index in [1.165, 1.54) is 0 Å². The molecule has 3 rings (SSSR count). The van der Waals surface area contributed by atoms with Crippen LogP contribution >= 0.6 is 11.6 Å². The maximum atomic E-state index is 6.02. The van der Waals surface area contributed by atoms with Crippen molar-refractivity contribution < 1.29 is 9.47 Å². The molecule has 0 unspecified atom stereocenters. The summed E-state index contributed by atoms with van der Waals surface area (Å²) in [5.74, 6) is 2.03. The first kappa shape index (κ1) is 19.0. The summed E-state index contributed by atoms with van der Waals surface area (Å²) in [6.45, 7) is 6.19. The summed E-state index contributed by atoms with van der Waals surface area (Å²) in [5, 5.41) is 15.5. The Morgan fingerprint density at radius 2 is 1.93 bits per heavy atom. The molecule has 0 aliphatic heterocycles. The molecule has 0 aliphatic rings. The molecule has 2 aromatic carbocycles. The van der Waals surface area contributed by atoms with Crippen molar-refractivity contribution >= 4 is 17.5 Å². The van der Waals surface area contributed by atoms with Crippen LogP contribution in [0.5, 0.6) is 11.5 Å². The zero-order valence-corrected chi connectivity index (χ0v) is 16.1. The molecule has 3 aromatic rings. The van der Waals surface area contributed by atoms with E-state index in [1.807, 2.05) is 56.3 Å². The predicted molar refractivity (Wildman–Crippen MR) is 104 cm³/mol. The van der Waals surface area contributed by atoms with Crippen molar-refractivity contribution in [2.45, 2.75) is 33.5 Å². The van der Waals surface area contributed by atoms with Crippen LogP contribution in [0, 0.1) is 0 Å². The van der Waals surface area contributed by atoms with Crippen LogP contribution in [0.15, 0.2) is 42.5 Å². The molecule has 142 valence electrons. The molecule has 8 heteroatoms. The largest absolute Gasteiger partial charge is 0.490 e. The zero-order valence-electron chi connectivity index (χ0n) is 15.4. The number of rotatable bonds is 9. The Kier molecular flexibility index (Phi) is 6.49. The molecule has 1 N–H and O–H groups in total. The molecule has 0 saturated heterocycles. The van der Waals surface area contributed by atoms with Gasteiger partial charge in [-0.3, -0.25) is 0 Å². The van der Waals surface area contributed by atoms with Gasteiger partial charge in [0.25, 0.3) is 0 Å². The van der Waals surface area contributed by atoms with Crippen molar-refractivity contribution in [3.63, 3.8) is 0 Å². The number of nitrogens with zero attached hydrogens (tertiary/aromatic N) is 4. The van der Waals surface area contributed by atoms with Gasteiger partial charge in [-0.15, -0.1) is 0 Å². The van der Waals surface area contributed by atoms with E-state index in [2.05, 4.69) is 20.8 Å². The first-order valence-corrected chi connectivity index (χ1v) is 9.20. The van der Waals surface area contributed by atoms with Crippen LogP contribution in [0.1, 0.15) is 25.0 Å². The highest BCUT2D eigenvalue weighted by Gasteiger charge is 2.09. The highest BCUT2D eigenvalue weighted by atomic mass is 35.5. The Labute approximate surface area is 163 Å². The molecular weight excluding hydrogens is 366 g/mol. The lowest BCUT2D eigenvalue weighted by molar-refractivity contribution is 0.269. The van der Waals surface area contributed by atoms with E-state index in [4.69, 9.17) is 21.1 Å². The summed E-state index contributed by atoms with van der Waals surface area (Å²) in [7, 11) is 0. The molecule has 27 heavy (non-hydrogen) atoms. The summed E-state index contributed by atoms with van der Waals surface area (Å²) in [6.07, 6.45) is 0. The zero-order chi connectivity index (χ0) is 19.1. The van der Waals surface area contributed by atoms with Crippen LogP contribution in [0.4, 0.5) is 5.95 Å². The van der Waals surface area contributed by atoms with E-state index < -0.39 is 0 Å².